The number of thiophene rings is 1. The molecule has 1 aliphatic rings. The van der Waals surface area contributed by atoms with Crippen LogP contribution in [0.5, 0.6) is 0 Å². The molecule has 4 rings (SSSR count). The summed E-state index contributed by atoms with van der Waals surface area (Å²) in [5, 5.41) is 8.93. The molecule has 2 N–H and O–H groups in total. The van der Waals surface area contributed by atoms with Gasteiger partial charge in [-0.25, -0.2) is 5.01 Å². The van der Waals surface area contributed by atoms with Crippen molar-refractivity contribution < 1.29 is 0 Å². The van der Waals surface area contributed by atoms with Gasteiger partial charge >= 0.3 is 0 Å². The molecular formula is C18H13Cl2N3S2. The van der Waals surface area contributed by atoms with Gasteiger partial charge in [0.05, 0.1) is 16.1 Å². The van der Waals surface area contributed by atoms with Crippen LogP contribution in [-0.4, -0.2) is 15.8 Å². The second kappa shape index (κ2) is 6.57. The van der Waals surface area contributed by atoms with Crippen molar-refractivity contribution in [2.75, 3.05) is 0 Å². The lowest BCUT2D eigenvalue weighted by molar-refractivity contribution is 0.375. The van der Waals surface area contributed by atoms with Gasteiger partial charge in [-0.3, -0.25) is 0 Å². The Hall–Kier alpha value is -1.66. The van der Waals surface area contributed by atoms with Crippen LogP contribution in [0.2, 0.25) is 8.67 Å². The normalized spacial score (nSPS) is 17.1. The largest absolute Gasteiger partial charge is 0.375 e. The molecule has 0 radical (unpaired) electrons. The Bertz CT molecular complexity index is 1010. The highest BCUT2D eigenvalue weighted by Gasteiger charge is 2.32. The van der Waals surface area contributed by atoms with Gasteiger partial charge in [0.1, 0.15) is 4.34 Å². The Labute approximate surface area is 164 Å². The van der Waals surface area contributed by atoms with Gasteiger partial charge < -0.3 is 5.73 Å². The van der Waals surface area contributed by atoms with E-state index in [-0.39, 0.29) is 11.2 Å². The molecule has 0 bridgehead atoms. The molecule has 1 aliphatic heterocycles. The van der Waals surface area contributed by atoms with Gasteiger partial charge in [-0.1, -0.05) is 65.7 Å². The Balaban J connectivity index is 1.80. The highest BCUT2D eigenvalue weighted by molar-refractivity contribution is 7.80. The average molecular weight is 406 g/mol. The second-order valence-electron chi connectivity index (χ2n) is 5.76. The number of thiocarbonyl (C=S) groups is 1. The first-order valence-electron chi connectivity index (χ1n) is 7.63. The molecule has 7 heteroatoms. The number of rotatable bonds is 2. The van der Waals surface area contributed by atoms with Crippen molar-refractivity contribution in [3.05, 3.63) is 68.3 Å². The van der Waals surface area contributed by atoms with Crippen LogP contribution in [0.4, 0.5) is 0 Å². The van der Waals surface area contributed by atoms with Gasteiger partial charge in [0.2, 0.25) is 0 Å². The summed E-state index contributed by atoms with van der Waals surface area (Å²) < 4.78 is 1.27. The van der Waals surface area contributed by atoms with Crippen molar-refractivity contribution in [3.63, 3.8) is 0 Å². The monoisotopic (exact) mass is 405 g/mol. The van der Waals surface area contributed by atoms with Gasteiger partial charge in [0, 0.05) is 12.0 Å². The Morgan fingerprint density at radius 3 is 2.68 bits per heavy atom. The van der Waals surface area contributed by atoms with Crippen molar-refractivity contribution in [1.29, 1.82) is 0 Å². The standard InChI is InChI=1S/C18H13Cl2N3S2/c19-16-8-13(17(20)25-16)14-9-15(23(22-14)18(21)24)12-7-3-5-10-4-1-2-6-11(10)12/h1-8,15H,9H2,(H2,21,24). The van der Waals surface area contributed by atoms with Crippen LogP contribution in [-0.2, 0) is 0 Å². The second-order valence-corrected chi connectivity index (χ2v) is 8.46. The zero-order chi connectivity index (χ0) is 17.6. The quantitative estimate of drug-likeness (QED) is 0.563. The van der Waals surface area contributed by atoms with Crippen molar-refractivity contribution >= 4 is 68.4 Å². The predicted molar refractivity (Wildman–Crippen MR) is 111 cm³/mol. The van der Waals surface area contributed by atoms with E-state index in [9.17, 15) is 0 Å². The van der Waals surface area contributed by atoms with Gasteiger partial charge in [-0.05, 0) is 34.6 Å². The Kier molecular flexibility index (Phi) is 4.41. The molecule has 1 atom stereocenters. The summed E-state index contributed by atoms with van der Waals surface area (Å²) in [6.45, 7) is 0. The molecule has 3 nitrogen and oxygen atoms in total. The highest BCUT2D eigenvalue weighted by atomic mass is 35.5. The third-order valence-electron chi connectivity index (χ3n) is 4.29. The number of hydrogen-bond acceptors (Lipinski definition) is 3. The van der Waals surface area contributed by atoms with Crippen LogP contribution in [0.1, 0.15) is 23.6 Å². The van der Waals surface area contributed by atoms with Gasteiger partial charge in [0.15, 0.2) is 5.11 Å². The number of hydrazone groups is 1. The summed E-state index contributed by atoms with van der Waals surface area (Å²) in [5.74, 6) is 0. The minimum atomic E-state index is -0.0617. The SMILES string of the molecule is NC(=S)N1N=C(c2cc(Cl)sc2Cl)CC1c1cccc2ccccc12. The minimum absolute atomic E-state index is 0.0617. The fraction of sp³-hybridized carbons (Fsp3) is 0.111. The zero-order valence-electron chi connectivity index (χ0n) is 12.9. The molecule has 0 spiro atoms. The molecule has 2 aromatic carbocycles. The predicted octanol–water partition coefficient (Wildman–Crippen LogP) is 5.60. The molecule has 0 aliphatic carbocycles. The third kappa shape index (κ3) is 3.02. The molecule has 0 fully saturated rings. The number of benzene rings is 2. The molecule has 126 valence electrons. The highest BCUT2D eigenvalue weighted by Crippen LogP contribution is 2.39. The van der Waals surface area contributed by atoms with E-state index in [2.05, 4.69) is 29.4 Å². The summed E-state index contributed by atoms with van der Waals surface area (Å²) in [5.41, 5.74) is 8.78. The molecule has 2 heterocycles. The minimum Gasteiger partial charge on any atom is -0.375 e. The number of fused-ring (bicyclic) bond motifs is 1. The van der Waals surface area contributed by atoms with Crippen molar-refractivity contribution in [1.82, 2.24) is 5.01 Å². The molecule has 3 aromatic rings. The zero-order valence-corrected chi connectivity index (χ0v) is 16.1. The van der Waals surface area contributed by atoms with Gasteiger partial charge in [-0.2, -0.15) is 5.10 Å². The van der Waals surface area contributed by atoms with Crippen LogP contribution in [0.3, 0.4) is 0 Å². The maximum Gasteiger partial charge on any atom is 0.187 e. The maximum absolute atomic E-state index is 6.31. The first kappa shape index (κ1) is 16.8. The number of halogens is 2. The molecule has 0 saturated heterocycles. The summed E-state index contributed by atoms with van der Waals surface area (Å²) >= 11 is 19.0. The molecule has 1 unspecified atom stereocenters. The van der Waals surface area contributed by atoms with E-state index in [0.717, 1.165) is 16.8 Å². The lowest BCUT2D eigenvalue weighted by atomic mass is 9.95. The Morgan fingerprint density at radius 1 is 1.20 bits per heavy atom. The topological polar surface area (TPSA) is 41.6 Å². The van der Waals surface area contributed by atoms with Crippen LogP contribution in [0.25, 0.3) is 10.8 Å². The van der Waals surface area contributed by atoms with E-state index in [1.807, 2.05) is 24.3 Å². The molecule has 1 aromatic heterocycles. The molecule has 0 saturated carbocycles. The average Bonchev–Trinajstić information content (AvgIpc) is 3.17. The number of nitrogens with two attached hydrogens (primary N) is 1. The molecule has 0 amide bonds. The van der Waals surface area contributed by atoms with Crippen molar-refractivity contribution in [2.45, 2.75) is 12.5 Å². The first-order chi connectivity index (χ1) is 12.0. The lowest BCUT2D eigenvalue weighted by Gasteiger charge is -2.23. The number of hydrogen-bond donors (Lipinski definition) is 1. The van der Waals surface area contributed by atoms with Crippen molar-refractivity contribution in [2.24, 2.45) is 10.8 Å². The van der Waals surface area contributed by atoms with Gasteiger partial charge in [-0.15, -0.1) is 11.3 Å². The van der Waals surface area contributed by atoms with Crippen LogP contribution >= 0.6 is 46.8 Å². The van der Waals surface area contributed by atoms with E-state index in [0.29, 0.717) is 15.1 Å². The number of nitrogens with zero attached hydrogens (tertiary/aromatic N) is 2. The molecule has 25 heavy (non-hydrogen) atoms. The smallest absolute Gasteiger partial charge is 0.187 e. The summed E-state index contributed by atoms with van der Waals surface area (Å²) in [6.07, 6.45) is 0.665. The lowest BCUT2D eigenvalue weighted by Crippen LogP contribution is -2.31. The Morgan fingerprint density at radius 2 is 1.96 bits per heavy atom. The van der Waals surface area contributed by atoms with Crippen LogP contribution in [0, 0.1) is 0 Å². The van der Waals surface area contributed by atoms with E-state index in [1.54, 1.807) is 5.01 Å². The van der Waals surface area contributed by atoms with E-state index < -0.39 is 0 Å². The van der Waals surface area contributed by atoms with E-state index >= 15 is 0 Å². The van der Waals surface area contributed by atoms with Crippen LogP contribution < -0.4 is 5.73 Å². The van der Waals surface area contributed by atoms with E-state index in [4.69, 9.17) is 41.2 Å². The van der Waals surface area contributed by atoms with Crippen LogP contribution in [0.15, 0.2) is 53.6 Å². The maximum atomic E-state index is 6.31. The van der Waals surface area contributed by atoms with Crippen molar-refractivity contribution in [3.8, 4) is 0 Å². The molecular weight excluding hydrogens is 393 g/mol. The van der Waals surface area contributed by atoms with E-state index in [1.165, 1.54) is 22.1 Å². The first-order valence-corrected chi connectivity index (χ1v) is 9.61. The fourth-order valence-corrected chi connectivity index (χ4v) is 4.87. The third-order valence-corrected chi connectivity index (χ3v) is 5.96. The summed E-state index contributed by atoms with van der Waals surface area (Å²) in [7, 11) is 0. The summed E-state index contributed by atoms with van der Waals surface area (Å²) in [6, 6.07) is 16.3. The summed E-state index contributed by atoms with van der Waals surface area (Å²) in [4.78, 5) is 0. The fourth-order valence-electron chi connectivity index (χ4n) is 3.20. The van der Waals surface area contributed by atoms with Gasteiger partial charge in [0.25, 0.3) is 0 Å².